The molecule has 1 aliphatic heterocycles. The molecule has 0 aromatic carbocycles. The van der Waals surface area contributed by atoms with Crippen molar-refractivity contribution in [2.24, 2.45) is 5.92 Å². The van der Waals surface area contributed by atoms with E-state index in [1.807, 2.05) is 0 Å². The third-order valence-electron chi connectivity index (χ3n) is 10.1. The summed E-state index contributed by atoms with van der Waals surface area (Å²) in [5.74, 6) is -1.54. The van der Waals surface area contributed by atoms with Crippen LogP contribution in [0.4, 0.5) is 0 Å². The lowest BCUT2D eigenvalue weighted by Crippen LogP contribution is -2.74. The maximum atomic E-state index is 13.4. The smallest absolute Gasteiger partial charge is 0.228 e. The number of hydrogen-bond donors (Lipinski definition) is 7. The van der Waals surface area contributed by atoms with Crippen molar-refractivity contribution in [1.29, 1.82) is 0 Å². The molecule has 47 heavy (non-hydrogen) atoms. The quantitative estimate of drug-likeness (QED) is 0.0314. The summed E-state index contributed by atoms with van der Waals surface area (Å²) in [5, 5.41) is 64.9. The van der Waals surface area contributed by atoms with Crippen molar-refractivity contribution in [2.75, 3.05) is 6.61 Å². The highest BCUT2D eigenvalue weighted by atomic mass is 16.6. The number of carbonyl (C=O) groups is 1. The standard InChI is InChI=1S/C38H75NO8/c1-3-5-7-9-11-13-15-17-19-21-23-25-27-29-32(41)31(28-26-24-22-20-18-16-14-12-10-8-6-4-2)36(44)39-38(46)35(43)34(42)33(30-40)47-37(38)45/h31-35,37,40-43,45-46H,3-30H2,1-2H3,(H,39,44)/t31?,32?,33-,34-,35+,37+,38-/m1/s1. The highest BCUT2D eigenvalue weighted by molar-refractivity contribution is 5.80. The summed E-state index contributed by atoms with van der Waals surface area (Å²) in [4.78, 5) is 13.4. The van der Waals surface area contributed by atoms with Crippen molar-refractivity contribution in [2.45, 2.75) is 224 Å². The molecular formula is C38H75NO8. The molecule has 1 rings (SSSR count). The van der Waals surface area contributed by atoms with Gasteiger partial charge in [0.1, 0.15) is 18.3 Å². The number of unbranched alkanes of at least 4 members (excludes halogenated alkanes) is 23. The summed E-state index contributed by atoms with van der Waals surface area (Å²) in [7, 11) is 0. The number of ether oxygens (including phenoxy) is 1. The van der Waals surface area contributed by atoms with E-state index < -0.39 is 54.9 Å². The number of rotatable bonds is 31. The monoisotopic (exact) mass is 674 g/mol. The fourth-order valence-electron chi connectivity index (χ4n) is 6.81. The third kappa shape index (κ3) is 18.7. The van der Waals surface area contributed by atoms with E-state index in [4.69, 9.17) is 4.74 Å². The van der Waals surface area contributed by atoms with Gasteiger partial charge in [-0.2, -0.15) is 0 Å². The Morgan fingerprint density at radius 3 is 1.38 bits per heavy atom. The van der Waals surface area contributed by atoms with Gasteiger partial charge in [0.2, 0.25) is 17.9 Å². The van der Waals surface area contributed by atoms with Gasteiger partial charge in [0, 0.05) is 0 Å². The first-order chi connectivity index (χ1) is 22.7. The first-order valence-electron chi connectivity index (χ1n) is 19.8. The molecule has 0 bridgehead atoms. The van der Waals surface area contributed by atoms with E-state index >= 15 is 0 Å². The van der Waals surface area contributed by atoms with Crippen molar-refractivity contribution in [3.05, 3.63) is 0 Å². The Bertz CT molecular complexity index is 742. The molecule has 0 saturated carbocycles. The number of carbonyl (C=O) groups excluding carboxylic acids is 1. The van der Waals surface area contributed by atoms with Gasteiger partial charge in [-0.05, 0) is 12.8 Å². The first-order valence-corrected chi connectivity index (χ1v) is 19.8. The van der Waals surface area contributed by atoms with Crippen LogP contribution < -0.4 is 5.32 Å². The van der Waals surface area contributed by atoms with Crippen LogP contribution in [0.1, 0.15) is 187 Å². The van der Waals surface area contributed by atoms with E-state index in [1.165, 1.54) is 116 Å². The Hall–Kier alpha value is -0.810. The highest BCUT2D eigenvalue weighted by Crippen LogP contribution is 2.29. The van der Waals surface area contributed by atoms with Crippen LogP contribution in [0, 0.1) is 5.92 Å². The van der Waals surface area contributed by atoms with Crippen molar-refractivity contribution in [3.8, 4) is 0 Å². The summed E-state index contributed by atoms with van der Waals surface area (Å²) in [6.07, 6.45) is 22.9. The van der Waals surface area contributed by atoms with Gasteiger partial charge < -0.3 is 40.7 Å². The molecule has 9 heteroatoms. The van der Waals surface area contributed by atoms with Crippen LogP contribution >= 0.6 is 0 Å². The zero-order valence-corrected chi connectivity index (χ0v) is 30.3. The van der Waals surface area contributed by atoms with Crippen LogP contribution in [-0.2, 0) is 9.53 Å². The molecule has 1 aliphatic rings. The molecule has 2 unspecified atom stereocenters. The summed E-state index contributed by atoms with van der Waals surface area (Å²) in [6, 6.07) is 0. The van der Waals surface area contributed by atoms with Crippen LogP contribution in [0.15, 0.2) is 0 Å². The van der Waals surface area contributed by atoms with Gasteiger partial charge in [-0.1, -0.05) is 174 Å². The molecule has 0 spiro atoms. The SMILES string of the molecule is CCCCCCCCCCCCCCCC(O)C(CCCCCCCCCCCCCC)C(=O)N[C@]1(O)[C@@H](O)O[C@H](CO)[C@@H](O)[C@@H]1O. The van der Waals surface area contributed by atoms with Crippen molar-refractivity contribution in [1.82, 2.24) is 5.32 Å². The lowest BCUT2D eigenvalue weighted by atomic mass is 9.88. The predicted octanol–water partition coefficient (Wildman–Crippen LogP) is 6.77. The molecule has 7 N–H and O–H groups in total. The van der Waals surface area contributed by atoms with E-state index in [0.29, 0.717) is 12.8 Å². The van der Waals surface area contributed by atoms with Crippen LogP contribution in [-0.4, -0.2) is 79.6 Å². The lowest BCUT2D eigenvalue weighted by molar-refractivity contribution is -0.336. The highest BCUT2D eigenvalue weighted by Gasteiger charge is 2.56. The van der Waals surface area contributed by atoms with Gasteiger partial charge >= 0.3 is 0 Å². The average Bonchev–Trinajstić information content (AvgIpc) is 3.06. The summed E-state index contributed by atoms with van der Waals surface area (Å²) in [5.41, 5.74) is -2.67. The van der Waals surface area contributed by atoms with Gasteiger partial charge in [-0.15, -0.1) is 0 Å². The average molecular weight is 674 g/mol. The van der Waals surface area contributed by atoms with E-state index in [2.05, 4.69) is 19.2 Å². The lowest BCUT2D eigenvalue weighted by Gasteiger charge is -2.46. The van der Waals surface area contributed by atoms with Gasteiger partial charge in [-0.3, -0.25) is 4.79 Å². The topological polar surface area (TPSA) is 160 Å². The molecule has 1 amide bonds. The molecule has 0 aromatic heterocycles. The molecule has 0 aliphatic carbocycles. The maximum absolute atomic E-state index is 13.4. The second-order valence-corrected chi connectivity index (χ2v) is 14.3. The number of aliphatic hydroxyl groups is 6. The number of hydrogen-bond acceptors (Lipinski definition) is 8. The van der Waals surface area contributed by atoms with Crippen molar-refractivity contribution >= 4 is 5.91 Å². The van der Waals surface area contributed by atoms with Crippen LogP contribution in [0.3, 0.4) is 0 Å². The van der Waals surface area contributed by atoms with Crippen molar-refractivity contribution < 1.29 is 40.2 Å². The molecule has 1 fully saturated rings. The Balaban J connectivity index is 2.50. The Morgan fingerprint density at radius 1 is 0.638 bits per heavy atom. The molecule has 280 valence electrons. The van der Waals surface area contributed by atoms with Crippen LogP contribution in [0.2, 0.25) is 0 Å². The first kappa shape index (κ1) is 44.2. The Morgan fingerprint density at radius 2 is 1.00 bits per heavy atom. The minimum atomic E-state index is -2.67. The van der Waals surface area contributed by atoms with Crippen molar-refractivity contribution in [3.63, 3.8) is 0 Å². The fraction of sp³-hybridized carbons (Fsp3) is 0.974. The Labute approximate surface area is 287 Å². The summed E-state index contributed by atoms with van der Waals surface area (Å²) < 4.78 is 5.07. The molecular weight excluding hydrogens is 598 g/mol. The summed E-state index contributed by atoms with van der Waals surface area (Å²) in [6.45, 7) is 3.80. The molecule has 1 heterocycles. The van der Waals surface area contributed by atoms with E-state index in [0.717, 1.165) is 44.9 Å². The number of aliphatic hydroxyl groups excluding tert-OH is 5. The number of nitrogens with one attached hydrogen (secondary N) is 1. The molecule has 0 aromatic rings. The zero-order chi connectivity index (χ0) is 34.8. The summed E-state index contributed by atoms with van der Waals surface area (Å²) >= 11 is 0. The largest absolute Gasteiger partial charge is 0.394 e. The second kappa shape index (κ2) is 27.9. The predicted molar refractivity (Wildman–Crippen MR) is 189 cm³/mol. The van der Waals surface area contributed by atoms with E-state index in [9.17, 15) is 35.4 Å². The van der Waals surface area contributed by atoms with Gasteiger partial charge in [0.05, 0.1) is 18.6 Å². The minimum Gasteiger partial charge on any atom is -0.394 e. The Kier molecular flexibility index (Phi) is 26.3. The number of amides is 1. The maximum Gasteiger partial charge on any atom is 0.228 e. The van der Waals surface area contributed by atoms with E-state index in [1.54, 1.807) is 0 Å². The van der Waals surface area contributed by atoms with Crippen LogP contribution in [0.5, 0.6) is 0 Å². The fourth-order valence-corrected chi connectivity index (χ4v) is 6.81. The zero-order valence-electron chi connectivity index (χ0n) is 30.3. The normalized spacial score (nSPS) is 24.3. The van der Waals surface area contributed by atoms with Crippen LogP contribution in [0.25, 0.3) is 0 Å². The molecule has 9 nitrogen and oxygen atoms in total. The second-order valence-electron chi connectivity index (χ2n) is 14.3. The molecule has 1 saturated heterocycles. The molecule has 7 atom stereocenters. The van der Waals surface area contributed by atoms with Gasteiger partial charge in [0.15, 0.2) is 0 Å². The molecule has 0 radical (unpaired) electrons. The van der Waals surface area contributed by atoms with Gasteiger partial charge in [0.25, 0.3) is 0 Å². The third-order valence-corrected chi connectivity index (χ3v) is 10.1. The van der Waals surface area contributed by atoms with E-state index in [-0.39, 0.29) is 0 Å². The van der Waals surface area contributed by atoms with Gasteiger partial charge in [-0.25, -0.2) is 0 Å². The minimum absolute atomic E-state index is 0.411.